The molecule has 1 aromatic heterocycles. The van der Waals surface area contributed by atoms with Crippen molar-refractivity contribution in [1.29, 1.82) is 0 Å². The molecule has 106 valence electrons. The lowest BCUT2D eigenvalue weighted by Gasteiger charge is -2.12. The summed E-state index contributed by atoms with van der Waals surface area (Å²) in [5, 5.41) is 9.18. The highest BCUT2D eigenvalue weighted by molar-refractivity contribution is 5.87. The van der Waals surface area contributed by atoms with Crippen LogP contribution in [0.3, 0.4) is 0 Å². The number of aromatic carboxylic acids is 1. The molecule has 1 atom stereocenters. The highest BCUT2D eigenvalue weighted by Crippen LogP contribution is 2.26. The van der Waals surface area contributed by atoms with Crippen LogP contribution in [0.5, 0.6) is 0 Å². The van der Waals surface area contributed by atoms with Crippen LogP contribution in [0.15, 0.2) is 36.4 Å². The largest absolute Gasteiger partial charge is 0.477 e. The van der Waals surface area contributed by atoms with E-state index in [2.05, 4.69) is 38.1 Å². The first-order valence-corrected chi connectivity index (χ1v) is 7.11. The molecule has 1 aromatic carbocycles. The molecule has 0 saturated heterocycles. The maximum absolute atomic E-state index is 11.2. The average Bonchev–Trinajstić information content (AvgIpc) is 2.90. The molecule has 0 radical (unpaired) electrons. The molecule has 0 saturated carbocycles. The van der Waals surface area contributed by atoms with Gasteiger partial charge in [0.15, 0.2) is 0 Å². The van der Waals surface area contributed by atoms with E-state index in [0.717, 1.165) is 17.7 Å². The number of aromatic nitrogens is 1. The zero-order valence-electron chi connectivity index (χ0n) is 12.3. The molecule has 3 heteroatoms. The molecule has 0 spiro atoms. The lowest BCUT2D eigenvalue weighted by atomic mass is 9.97. The molecular formula is C17H21NO2. The molecule has 0 aliphatic heterocycles. The van der Waals surface area contributed by atoms with Gasteiger partial charge in [0, 0.05) is 12.2 Å². The maximum Gasteiger partial charge on any atom is 0.352 e. The van der Waals surface area contributed by atoms with Crippen LogP contribution in [0.1, 0.15) is 49.2 Å². The van der Waals surface area contributed by atoms with Gasteiger partial charge in [0.25, 0.3) is 0 Å². The Morgan fingerprint density at radius 1 is 1.15 bits per heavy atom. The van der Waals surface area contributed by atoms with Crippen molar-refractivity contribution in [3.8, 4) is 11.3 Å². The predicted molar refractivity (Wildman–Crippen MR) is 81.2 cm³/mol. The molecule has 0 fully saturated rings. The van der Waals surface area contributed by atoms with Crippen molar-refractivity contribution >= 4 is 5.97 Å². The maximum atomic E-state index is 11.2. The van der Waals surface area contributed by atoms with E-state index in [-0.39, 0.29) is 0 Å². The Kier molecular flexibility index (Phi) is 4.28. The highest BCUT2D eigenvalue weighted by Gasteiger charge is 2.14. The van der Waals surface area contributed by atoms with E-state index in [4.69, 9.17) is 0 Å². The zero-order valence-corrected chi connectivity index (χ0v) is 12.3. The number of carbonyl (C=O) groups is 1. The van der Waals surface area contributed by atoms with E-state index in [0.29, 0.717) is 18.2 Å². The summed E-state index contributed by atoms with van der Waals surface area (Å²) in [4.78, 5) is 11.2. The van der Waals surface area contributed by atoms with E-state index in [9.17, 15) is 9.90 Å². The molecule has 2 rings (SSSR count). The fraction of sp³-hybridized carbons (Fsp3) is 0.353. The van der Waals surface area contributed by atoms with Gasteiger partial charge in [-0.15, -0.1) is 0 Å². The van der Waals surface area contributed by atoms with Gasteiger partial charge in [-0.05, 0) is 42.5 Å². The van der Waals surface area contributed by atoms with Gasteiger partial charge in [0.1, 0.15) is 5.69 Å². The minimum Gasteiger partial charge on any atom is -0.477 e. The summed E-state index contributed by atoms with van der Waals surface area (Å²) in [5.74, 6) is -0.328. The third-order valence-electron chi connectivity index (χ3n) is 3.90. The molecular weight excluding hydrogens is 250 g/mol. The Hall–Kier alpha value is -2.03. The van der Waals surface area contributed by atoms with E-state index in [1.54, 1.807) is 6.07 Å². The second-order valence-corrected chi connectivity index (χ2v) is 5.08. The van der Waals surface area contributed by atoms with Crippen LogP contribution in [-0.2, 0) is 6.54 Å². The number of carboxylic acid groups (broad SMARTS) is 1. The van der Waals surface area contributed by atoms with Crippen molar-refractivity contribution in [1.82, 2.24) is 4.57 Å². The van der Waals surface area contributed by atoms with Crippen LogP contribution >= 0.6 is 0 Å². The quantitative estimate of drug-likeness (QED) is 0.876. The monoisotopic (exact) mass is 271 g/mol. The number of hydrogen-bond donors (Lipinski definition) is 1. The number of carboxylic acids is 1. The highest BCUT2D eigenvalue weighted by atomic mass is 16.4. The van der Waals surface area contributed by atoms with Crippen LogP contribution in [0.4, 0.5) is 0 Å². The van der Waals surface area contributed by atoms with Gasteiger partial charge in [-0.25, -0.2) is 4.79 Å². The summed E-state index contributed by atoms with van der Waals surface area (Å²) in [6.07, 6.45) is 1.12. The zero-order chi connectivity index (χ0) is 14.7. The normalized spacial score (nSPS) is 12.3. The molecule has 3 nitrogen and oxygen atoms in total. The van der Waals surface area contributed by atoms with Crippen molar-refractivity contribution in [2.45, 2.75) is 39.7 Å². The SMILES string of the molecule is CCC(C)c1ccc(-c2ccc(C(=O)O)n2CC)cc1. The van der Waals surface area contributed by atoms with E-state index >= 15 is 0 Å². The van der Waals surface area contributed by atoms with Crippen molar-refractivity contribution in [2.75, 3.05) is 0 Å². The molecule has 1 N–H and O–H groups in total. The van der Waals surface area contributed by atoms with Crippen LogP contribution < -0.4 is 0 Å². The summed E-state index contributed by atoms with van der Waals surface area (Å²) in [7, 11) is 0. The molecule has 0 amide bonds. The summed E-state index contributed by atoms with van der Waals surface area (Å²) < 4.78 is 1.83. The lowest BCUT2D eigenvalue weighted by Crippen LogP contribution is -2.08. The lowest BCUT2D eigenvalue weighted by molar-refractivity contribution is 0.0685. The van der Waals surface area contributed by atoms with Crippen molar-refractivity contribution in [3.63, 3.8) is 0 Å². The number of benzene rings is 1. The van der Waals surface area contributed by atoms with Gasteiger partial charge in [0.2, 0.25) is 0 Å². The van der Waals surface area contributed by atoms with Crippen molar-refractivity contribution in [2.24, 2.45) is 0 Å². The van der Waals surface area contributed by atoms with E-state index < -0.39 is 5.97 Å². The van der Waals surface area contributed by atoms with E-state index in [1.165, 1.54) is 5.56 Å². The van der Waals surface area contributed by atoms with Crippen LogP contribution in [0.25, 0.3) is 11.3 Å². The standard InChI is InChI=1S/C17H21NO2/c1-4-12(3)13-6-8-14(9-7-13)15-10-11-16(17(19)20)18(15)5-2/h6-12H,4-5H2,1-3H3,(H,19,20). The molecule has 1 unspecified atom stereocenters. The third kappa shape index (κ3) is 2.62. The second-order valence-electron chi connectivity index (χ2n) is 5.08. The van der Waals surface area contributed by atoms with Crippen molar-refractivity contribution < 1.29 is 9.90 Å². The van der Waals surface area contributed by atoms with Crippen LogP contribution in [0.2, 0.25) is 0 Å². The first-order chi connectivity index (χ1) is 9.58. The molecule has 20 heavy (non-hydrogen) atoms. The van der Waals surface area contributed by atoms with E-state index in [1.807, 2.05) is 17.6 Å². The molecule has 1 heterocycles. The van der Waals surface area contributed by atoms with Gasteiger partial charge >= 0.3 is 5.97 Å². The predicted octanol–water partition coefficient (Wildman–Crippen LogP) is 4.39. The minimum absolute atomic E-state index is 0.341. The summed E-state index contributed by atoms with van der Waals surface area (Å²) in [5.41, 5.74) is 3.69. The Bertz CT molecular complexity index is 596. The second kappa shape index (κ2) is 5.95. The number of nitrogens with zero attached hydrogens (tertiary/aromatic N) is 1. The topological polar surface area (TPSA) is 42.2 Å². The number of rotatable bonds is 5. The number of hydrogen-bond acceptors (Lipinski definition) is 1. The Balaban J connectivity index is 2.39. The van der Waals surface area contributed by atoms with Gasteiger partial charge < -0.3 is 9.67 Å². The van der Waals surface area contributed by atoms with Crippen molar-refractivity contribution in [3.05, 3.63) is 47.7 Å². The molecule has 0 bridgehead atoms. The summed E-state index contributed by atoms with van der Waals surface area (Å²) in [6, 6.07) is 12.0. The van der Waals surface area contributed by atoms with Gasteiger partial charge in [0.05, 0.1) is 0 Å². The Labute approximate surface area is 119 Å². The average molecular weight is 271 g/mol. The van der Waals surface area contributed by atoms with Crippen LogP contribution in [-0.4, -0.2) is 15.6 Å². The van der Waals surface area contributed by atoms with Crippen LogP contribution in [0, 0.1) is 0 Å². The summed E-state index contributed by atoms with van der Waals surface area (Å²) >= 11 is 0. The first-order valence-electron chi connectivity index (χ1n) is 7.11. The molecule has 0 aliphatic rings. The first kappa shape index (κ1) is 14.4. The fourth-order valence-electron chi connectivity index (χ4n) is 2.47. The fourth-order valence-corrected chi connectivity index (χ4v) is 2.47. The molecule has 0 aliphatic carbocycles. The smallest absolute Gasteiger partial charge is 0.352 e. The van der Waals surface area contributed by atoms with Gasteiger partial charge in [-0.1, -0.05) is 38.1 Å². The molecule has 2 aromatic rings. The third-order valence-corrected chi connectivity index (χ3v) is 3.90. The summed E-state index contributed by atoms with van der Waals surface area (Å²) in [6.45, 7) is 7.01. The van der Waals surface area contributed by atoms with Gasteiger partial charge in [-0.3, -0.25) is 0 Å². The minimum atomic E-state index is -0.880. The van der Waals surface area contributed by atoms with Gasteiger partial charge in [-0.2, -0.15) is 0 Å². The Morgan fingerprint density at radius 2 is 1.80 bits per heavy atom. The Morgan fingerprint density at radius 3 is 2.30 bits per heavy atom.